The van der Waals surface area contributed by atoms with Gasteiger partial charge in [0.15, 0.2) is 0 Å². The van der Waals surface area contributed by atoms with E-state index < -0.39 is 0 Å². The van der Waals surface area contributed by atoms with Gasteiger partial charge in [-0.15, -0.1) is 0 Å². The molecule has 0 fully saturated rings. The van der Waals surface area contributed by atoms with Crippen LogP contribution in [0.2, 0.25) is 0 Å². The highest BCUT2D eigenvalue weighted by atomic mass is 14.2. The summed E-state index contributed by atoms with van der Waals surface area (Å²) < 4.78 is 0. The van der Waals surface area contributed by atoms with Gasteiger partial charge >= 0.3 is 0 Å². The zero-order chi connectivity index (χ0) is 25.7. The molecule has 38 heavy (non-hydrogen) atoms. The topological polar surface area (TPSA) is 23.8 Å². The molecule has 0 aliphatic heterocycles. The van der Waals surface area contributed by atoms with E-state index in [0.29, 0.717) is 5.56 Å². The van der Waals surface area contributed by atoms with E-state index in [0.717, 1.165) is 11.1 Å². The lowest BCUT2D eigenvalue weighted by Crippen LogP contribution is -1.83. The first-order valence-electron chi connectivity index (χ1n) is 12.7. The van der Waals surface area contributed by atoms with Gasteiger partial charge in [0, 0.05) is 0 Å². The predicted octanol–water partition coefficient (Wildman–Crippen LogP) is 9.89. The molecule has 0 aliphatic carbocycles. The van der Waals surface area contributed by atoms with Crippen molar-refractivity contribution in [1.29, 1.82) is 5.26 Å². The van der Waals surface area contributed by atoms with E-state index in [2.05, 4.69) is 127 Å². The summed E-state index contributed by atoms with van der Waals surface area (Å²) in [7, 11) is 0. The lowest BCUT2D eigenvalue weighted by Gasteiger charge is -2.08. The Morgan fingerprint density at radius 3 is 0.711 bits per heavy atom. The summed E-state index contributed by atoms with van der Waals surface area (Å²) in [5, 5.41) is 9.00. The summed E-state index contributed by atoms with van der Waals surface area (Å²) >= 11 is 0. The summed E-state index contributed by atoms with van der Waals surface area (Å²) in [4.78, 5) is 0. The first-order valence-corrected chi connectivity index (χ1v) is 12.7. The van der Waals surface area contributed by atoms with Crippen molar-refractivity contribution in [2.45, 2.75) is 0 Å². The molecule has 1 heteroatoms. The third kappa shape index (κ3) is 4.89. The van der Waals surface area contributed by atoms with Crippen LogP contribution < -0.4 is 0 Å². The summed E-state index contributed by atoms with van der Waals surface area (Å²) in [5.74, 6) is 0. The maximum Gasteiger partial charge on any atom is 0.0991 e. The summed E-state index contributed by atoms with van der Waals surface area (Å²) in [6, 6.07) is 55.2. The number of hydrogen-bond acceptors (Lipinski definition) is 1. The fraction of sp³-hybridized carbons (Fsp3) is 0. The molecular weight excluding hydrogens is 458 g/mol. The average Bonchev–Trinajstić information content (AvgIpc) is 3.02. The second-order valence-corrected chi connectivity index (χ2v) is 9.36. The summed E-state index contributed by atoms with van der Waals surface area (Å²) in [5.41, 5.74) is 12.6. The molecule has 0 radical (unpaired) electrons. The molecule has 0 unspecified atom stereocenters. The molecular formula is C37H25N. The molecule has 0 atom stereocenters. The van der Waals surface area contributed by atoms with Crippen LogP contribution in [0.15, 0.2) is 152 Å². The molecule has 0 aromatic heterocycles. The highest BCUT2D eigenvalue weighted by Crippen LogP contribution is 2.30. The number of hydrogen-bond donors (Lipinski definition) is 0. The van der Waals surface area contributed by atoms with Gasteiger partial charge in [-0.05, 0) is 67.8 Å². The van der Waals surface area contributed by atoms with Crippen LogP contribution in [-0.4, -0.2) is 0 Å². The molecule has 0 aliphatic rings. The number of nitriles is 1. The minimum Gasteiger partial charge on any atom is -0.192 e. The molecule has 6 aromatic rings. The van der Waals surface area contributed by atoms with Crippen molar-refractivity contribution in [2.24, 2.45) is 0 Å². The number of rotatable bonds is 5. The Labute approximate surface area is 223 Å². The van der Waals surface area contributed by atoms with Crippen molar-refractivity contribution in [3.05, 3.63) is 157 Å². The average molecular weight is 484 g/mol. The quantitative estimate of drug-likeness (QED) is 0.239. The van der Waals surface area contributed by atoms with E-state index in [-0.39, 0.29) is 0 Å². The number of nitrogens with zero attached hydrogens (tertiary/aromatic N) is 1. The molecule has 178 valence electrons. The molecule has 0 N–H and O–H groups in total. The van der Waals surface area contributed by atoms with Crippen LogP contribution in [0.1, 0.15) is 5.56 Å². The minimum absolute atomic E-state index is 0.678. The Morgan fingerprint density at radius 2 is 0.474 bits per heavy atom. The van der Waals surface area contributed by atoms with E-state index in [1.165, 1.54) is 44.5 Å². The SMILES string of the molecule is N#Cc1ccc(-c2ccc(-c3ccc(-c4ccc(-c5ccc(-c6ccccc6)cc5)cc4)cc3)cc2)cc1. The molecule has 0 spiro atoms. The standard InChI is InChI=1S/C37H25N/c38-26-27-6-8-29(9-7-27)31-14-16-33(17-15-31)35-22-24-37(25-23-35)36-20-18-34(19-21-36)32-12-10-30(11-13-32)28-4-2-1-3-5-28/h1-25H. The van der Waals surface area contributed by atoms with Crippen molar-refractivity contribution in [3.63, 3.8) is 0 Å². The van der Waals surface area contributed by atoms with Crippen LogP contribution in [0.5, 0.6) is 0 Å². The van der Waals surface area contributed by atoms with Crippen LogP contribution >= 0.6 is 0 Å². The number of benzene rings is 6. The summed E-state index contributed by atoms with van der Waals surface area (Å²) in [6.07, 6.45) is 0. The molecule has 1 nitrogen and oxygen atoms in total. The van der Waals surface area contributed by atoms with Gasteiger partial charge in [0.05, 0.1) is 11.6 Å². The van der Waals surface area contributed by atoms with Gasteiger partial charge < -0.3 is 0 Å². The monoisotopic (exact) mass is 483 g/mol. The van der Waals surface area contributed by atoms with Crippen molar-refractivity contribution in [1.82, 2.24) is 0 Å². The first kappa shape index (κ1) is 23.2. The second-order valence-electron chi connectivity index (χ2n) is 9.36. The third-order valence-electron chi connectivity index (χ3n) is 6.99. The van der Waals surface area contributed by atoms with Crippen LogP contribution in [0, 0.1) is 11.3 Å². The van der Waals surface area contributed by atoms with Gasteiger partial charge in [-0.3, -0.25) is 0 Å². The lowest BCUT2D eigenvalue weighted by atomic mass is 9.96. The molecule has 6 rings (SSSR count). The van der Waals surface area contributed by atoms with Crippen molar-refractivity contribution in [2.75, 3.05) is 0 Å². The maximum atomic E-state index is 9.00. The maximum absolute atomic E-state index is 9.00. The van der Waals surface area contributed by atoms with Crippen LogP contribution in [-0.2, 0) is 0 Å². The normalized spacial score (nSPS) is 10.6. The largest absolute Gasteiger partial charge is 0.192 e. The fourth-order valence-corrected chi connectivity index (χ4v) is 4.79. The van der Waals surface area contributed by atoms with Crippen molar-refractivity contribution in [3.8, 4) is 61.7 Å². The lowest BCUT2D eigenvalue weighted by molar-refractivity contribution is 1.48. The Kier molecular flexibility index (Phi) is 6.37. The van der Waals surface area contributed by atoms with E-state index in [1.807, 2.05) is 30.3 Å². The van der Waals surface area contributed by atoms with Crippen LogP contribution in [0.4, 0.5) is 0 Å². The highest BCUT2D eigenvalue weighted by molar-refractivity contribution is 5.76. The fourth-order valence-electron chi connectivity index (χ4n) is 4.79. The highest BCUT2D eigenvalue weighted by Gasteiger charge is 2.05. The van der Waals surface area contributed by atoms with Gasteiger partial charge in [0.25, 0.3) is 0 Å². The van der Waals surface area contributed by atoms with Gasteiger partial charge in [-0.1, -0.05) is 140 Å². The van der Waals surface area contributed by atoms with Gasteiger partial charge in [-0.2, -0.15) is 5.26 Å². The van der Waals surface area contributed by atoms with Gasteiger partial charge in [0.1, 0.15) is 0 Å². The third-order valence-corrected chi connectivity index (χ3v) is 6.99. The molecule has 0 saturated heterocycles. The molecule has 0 saturated carbocycles. The summed E-state index contributed by atoms with van der Waals surface area (Å²) in [6.45, 7) is 0. The van der Waals surface area contributed by atoms with Crippen LogP contribution in [0.25, 0.3) is 55.6 Å². The van der Waals surface area contributed by atoms with Crippen molar-refractivity contribution < 1.29 is 0 Å². The van der Waals surface area contributed by atoms with Gasteiger partial charge in [0.2, 0.25) is 0 Å². The first-order chi connectivity index (χ1) is 18.8. The molecule has 0 bridgehead atoms. The smallest absolute Gasteiger partial charge is 0.0991 e. The van der Waals surface area contributed by atoms with E-state index >= 15 is 0 Å². The minimum atomic E-state index is 0.678. The molecule has 6 aromatic carbocycles. The van der Waals surface area contributed by atoms with E-state index in [4.69, 9.17) is 5.26 Å². The van der Waals surface area contributed by atoms with Crippen molar-refractivity contribution >= 4 is 0 Å². The second kappa shape index (κ2) is 10.4. The van der Waals surface area contributed by atoms with Gasteiger partial charge in [-0.25, -0.2) is 0 Å². The Morgan fingerprint density at radius 1 is 0.263 bits per heavy atom. The van der Waals surface area contributed by atoms with Crippen LogP contribution in [0.3, 0.4) is 0 Å². The molecule has 0 amide bonds. The van der Waals surface area contributed by atoms with E-state index in [1.54, 1.807) is 0 Å². The Bertz CT molecular complexity index is 1690. The molecule has 0 heterocycles. The zero-order valence-corrected chi connectivity index (χ0v) is 20.9. The Balaban J connectivity index is 1.16. The Hall–Kier alpha value is -5.19. The predicted molar refractivity (Wildman–Crippen MR) is 158 cm³/mol. The zero-order valence-electron chi connectivity index (χ0n) is 20.9. The van der Waals surface area contributed by atoms with E-state index in [9.17, 15) is 0 Å².